The Morgan fingerprint density at radius 2 is 1.61 bits per heavy atom. The summed E-state index contributed by atoms with van der Waals surface area (Å²) in [6.45, 7) is 4.56. The van der Waals surface area contributed by atoms with Gasteiger partial charge in [-0.15, -0.1) is 0 Å². The van der Waals surface area contributed by atoms with E-state index in [0.29, 0.717) is 0 Å². The number of hydrogen-bond acceptors (Lipinski definition) is 1. The molecule has 0 bridgehead atoms. The zero-order valence-electron chi connectivity index (χ0n) is 10.9. The highest BCUT2D eigenvalue weighted by Crippen LogP contribution is 2.47. The van der Waals surface area contributed by atoms with E-state index in [1.807, 2.05) is 30.3 Å². The molecular formula is C17H18O. The second-order valence-electron chi connectivity index (χ2n) is 5.68. The molecule has 1 aliphatic rings. The maximum atomic E-state index is 6.22. The predicted octanol–water partition coefficient (Wildman–Crippen LogP) is 4.39. The molecule has 0 aliphatic heterocycles. The molecule has 1 atom stereocenters. The Kier molecular flexibility index (Phi) is 2.62. The molecule has 18 heavy (non-hydrogen) atoms. The number of ether oxygens (including phenoxy) is 1. The summed E-state index contributed by atoms with van der Waals surface area (Å²) in [5.74, 6) is 0.951. The lowest BCUT2D eigenvalue weighted by Crippen LogP contribution is -2.22. The van der Waals surface area contributed by atoms with Gasteiger partial charge in [0.2, 0.25) is 0 Å². The van der Waals surface area contributed by atoms with E-state index in [-0.39, 0.29) is 11.5 Å². The van der Waals surface area contributed by atoms with E-state index in [9.17, 15) is 0 Å². The smallest absolute Gasteiger partial charge is 0.129 e. The molecule has 2 aromatic carbocycles. The van der Waals surface area contributed by atoms with Crippen LogP contribution in [0, 0.1) is 5.41 Å². The van der Waals surface area contributed by atoms with E-state index in [0.717, 1.165) is 12.2 Å². The SMILES string of the molecule is CC1(C)Cc2ccccc2C1Oc1ccccc1. The van der Waals surface area contributed by atoms with Gasteiger partial charge in [-0.25, -0.2) is 0 Å². The third kappa shape index (κ3) is 1.90. The molecule has 0 aromatic heterocycles. The highest BCUT2D eigenvalue weighted by Gasteiger charge is 2.40. The van der Waals surface area contributed by atoms with Crippen LogP contribution in [0.15, 0.2) is 54.6 Å². The average Bonchev–Trinajstić information content (AvgIpc) is 2.62. The molecule has 2 aromatic rings. The van der Waals surface area contributed by atoms with Gasteiger partial charge in [0.05, 0.1) is 0 Å². The highest BCUT2D eigenvalue weighted by molar-refractivity contribution is 5.37. The van der Waals surface area contributed by atoms with E-state index in [1.54, 1.807) is 0 Å². The first-order chi connectivity index (χ1) is 8.67. The third-order valence-corrected chi connectivity index (χ3v) is 3.69. The molecule has 0 saturated carbocycles. The Labute approximate surface area is 108 Å². The summed E-state index contributed by atoms with van der Waals surface area (Å²) in [4.78, 5) is 0. The van der Waals surface area contributed by atoms with E-state index < -0.39 is 0 Å². The first kappa shape index (κ1) is 11.3. The molecule has 0 fully saturated rings. The van der Waals surface area contributed by atoms with Gasteiger partial charge in [0.25, 0.3) is 0 Å². The summed E-state index contributed by atoms with van der Waals surface area (Å²) >= 11 is 0. The molecule has 0 spiro atoms. The van der Waals surface area contributed by atoms with Crippen LogP contribution >= 0.6 is 0 Å². The van der Waals surface area contributed by atoms with E-state index in [2.05, 4.69) is 38.1 Å². The standard InChI is InChI=1S/C17H18O/c1-17(2)12-13-8-6-7-11-15(13)16(17)18-14-9-4-3-5-10-14/h3-11,16H,12H2,1-2H3. The largest absolute Gasteiger partial charge is 0.485 e. The van der Waals surface area contributed by atoms with Crippen molar-refractivity contribution >= 4 is 0 Å². The van der Waals surface area contributed by atoms with Crippen LogP contribution in [0.5, 0.6) is 5.75 Å². The van der Waals surface area contributed by atoms with Crippen molar-refractivity contribution in [1.29, 1.82) is 0 Å². The number of fused-ring (bicyclic) bond motifs is 1. The molecule has 92 valence electrons. The van der Waals surface area contributed by atoms with Crippen LogP contribution in [-0.2, 0) is 6.42 Å². The van der Waals surface area contributed by atoms with Crippen LogP contribution < -0.4 is 4.74 Å². The lowest BCUT2D eigenvalue weighted by molar-refractivity contribution is 0.0904. The third-order valence-electron chi connectivity index (χ3n) is 3.69. The van der Waals surface area contributed by atoms with Crippen molar-refractivity contribution in [3.05, 3.63) is 65.7 Å². The van der Waals surface area contributed by atoms with Crippen LogP contribution in [-0.4, -0.2) is 0 Å². The minimum absolute atomic E-state index is 0.149. The zero-order valence-corrected chi connectivity index (χ0v) is 10.9. The van der Waals surface area contributed by atoms with Crippen LogP contribution in [0.2, 0.25) is 0 Å². The Bertz CT molecular complexity index is 543. The Morgan fingerprint density at radius 3 is 2.39 bits per heavy atom. The predicted molar refractivity (Wildman–Crippen MR) is 73.7 cm³/mol. The van der Waals surface area contributed by atoms with Crippen molar-refractivity contribution in [2.45, 2.75) is 26.4 Å². The van der Waals surface area contributed by atoms with Crippen molar-refractivity contribution in [3.8, 4) is 5.75 Å². The second-order valence-corrected chi connectivity index (χ2v) is 5.68. The number of benzene rings is 2. The summed E-state index contributed by atoms with van der Waals surface area (Å²) in [5, 5.41) is 0. The monoisotopic (exact) mass is 238 g/mol. The summed E-state index contributed by atoms with van der Waals surface area (Å²) in [5.41, 5.74) is 2.91. The van der Waals surface area contributed by atoms with Gasteiger partial charge < -0.3 is 4.74 Å². The molecule has 0 radical (unpaired) electrons. The summed E-state index contributed by atoms with van der Waals surface area (Å²) in [6, 6.07) is 18.7. The molecular weight excluding hydrogens is 220 g/mol. The van der Waals surface area contributed by atoms with Crippen LogP contribution in [0.25, 0.3) is 0 Å². The van der Waals surface area contributed by atoms with Gasteiger partial charge in [-0.2, -0.15) is 0 Å². The highest BCUT2D eigenvalue weighted by atomic mass is 16.5. The Balaban J connectivity index is 1.95. The first-order valence-electron chi connectivity index (χ1n) is 6.46. The summed E-state index contributed by atoms with van der Waals surface area (Å²) in [6.07, 6.45) is 1.23. The Morgan fingerprint density at radius 1 is 0.944 bits per heavy atom. The average molecular weight is 238 g/mol. The maximum Gasteiger partial charge on any atom is 0.129 e. The van der Waals surface area contributed by atoms with E-state index >= 15 is 0 Å². The van der Waals surface area contributed by atoms with Gasteiger partial charge in [-0.1, -0.05) is 56.3 Å². The van der Waals surface area contributed by atoms with E-state index in [1.165, 1.54) is 11.1 Å². The van der Waals surface area contributed by atoms with Crippen molar-refractivity contribution in [2.75, 3.05) is 0 Å². The molecule has 0 heterocycles. The fourth-order valence-corrected chi connectivity index (χ4v) is 2.81. The molecule has 1 aliphatic carbocycles. The van der Waals surface area contributed by atoms with Crippen molar-refractivity contribution in [2.24, 2.45) is 5.41 Å². The van der Waals surface area contributed by atoms with Crippen molar-refractivity contribution < 1.29 is 4.74 Å². The molecule has 0 N–H and O–H groups in total. The number of rotatable bonds is 2. The lowest BCUT2D eigenvalue weighted by atomic mass is 9.87. The molecule has 1 nitrogen and oxygen atoms in total. The van der Waals surface area contributed by atoms with Crippen molar-refractivity contribution in [1.82, 2.24) is 0 Å². The van der Waals surface area contributed by atoms with Gasteiger partial charge in [-0.3, -0.25) is 0 Å². The molecule has 0 amide bonds. The fraction of sp³-hybridized carbons (Fsp3) is 0.294. The summed E-state index contributed by atoms with van der Waals surface area (Å²) < 4.78 is 6.22. The van der Waals surface area contributed by atoms with Gasteiger partial charge in [0.15, 0.2) is 0 Å². The summed E-state index contributed by atoms with van der Waals surface area (Å²) in [7, 11) is 0. The molecule has 1 heteroatoms. The fourth-order valence-electron chi connectivity index (χ4n) is 2.81. The van der Waals surface area contributed by atoms with Gasteiger partial charge in [0, 0.05) is 5.41 Å². The first-order valence-corrected chi connectivity index (χ1v) is 6.46. The Hall–Kier alpha value is -1.76. The van der Waals surface area contributed by atoms with Crippen LogP contribution in [0.4, 0.5) is 0 Å². The van der Waals surface area contributed by atoms with Gasteiger partial charge >= 0.3 is 0 Å². The van der Waals surface area contributed by atoms with E-state index in [4.69, 9.17) is 4.74 Å². The quantitative estimate of drug-likeness (QED) is 0.754. The van der Waals surface area contributed by atoms with Gasteiger partial charge in [0.1, 0.15) is 11.9 Å². The molecule has 3 rings (SSSR count). The maximum absolute atomic E-state index is 6.22. The van der Waals surface area contributed by atoms with Crippen LogP contribution in [0.3, 0.4) is 0 Å². The topological polar surface area (TPSA) is 9.23 Å². The number of hydrogen-bond donors (Lipinski definition) is 0. The minimum atomic E-state index is 0.149. The molecule has 1 unspecified atom stereocenters. The van der Waals surface area contributed by atoms with Crippen LogP contribution in [0.1, 0.15) is 31.1 Å². The molecule has 0 saturated heterocycles. The lowest BCUT2D eigenvalue weighted by Gasteiger charge is -2.28. The second kappa shape index (κ2) is 4.16. The minimum Gasteiger partial charge on any atom is -0.485 e. The number of para-hydroxylation sites is 1. The van der Waals surface area contributed by atoms with Gasteiger partial charge in [-0.05, 0) is 29.7 Å². The normalized spacial score (nSPS) is 20.4. The van der Waals surface area contributed by atoms with Crippen molar-refractivity contribution in [3.63, 3.8) is 0 Å². The zero-order chi connectivity index (χ0) is 12.6.